The minimum Gasteiger partial charge on any atom is -0.384 e. The fourth-order valence-corrected chi connectivity index (χ4v) is 1.99. The number of methoxy groups -OCH3 is 1. The second-order valence-corrected chi connectivity index (χ2v) is 3.74. The Labute approximate surface area is 84.1 Å². The Morgan fingerprint density at radius 3 is 3.36 bits per heavy atom. The van der Waals surface area contributed by atoms with Crippen LogP contribution in [0, 0.1) is 0 Å². The molecule has 1 atom stereocenters. The monoisotopic (exact) mass is 195 g/mol. The van der Waals surface area contributed by atoms with E-state index >= 15 is 0 Å². The quantitative estimate of drug-likeness (QED) is 0.778. The summed E-state index contributed by atoms with van der Waals surface area (Å²) in [7, 11) is 1.71. The first kappa shape index (κ1) is 9.68. The van der Waals surface area contributed by atoms with E-state index < -0.39 is 0 Å². The molecule has 2 heterocycles. The summed E-state index contributed by atoms with van der Waals surface area (Å²) in [5.74, 6) is 1.11. The molecule has 1 aliphatic heterocycles. The van der Waals surface area contributed by atoms with Gasteiger partial charge in [0.2, 0.25) is 0 Å². The van der Waals surface area contributed by atoms with Crippen molar-refractivity contribution < 1.29 is 4.74 Å². The second kappa shape index (κ2) is 4.11. The summed E-state index contributed by atoms with van der Waals surface area (Å²) in [6, 6.07) is 0.174. The van der Waals surface area contributed by atoms with Crippen LogP contribution in [0.5, 0.6) is 0 Å². The summed E-state index contributed by atoms with van der Waals surface area (Å²) in [4.78, 5) is 4.39. The Hall–Kier alpha value is -0.870. The first-order valence-electron chi connectivity index (χ1n) is 5.11. The number of ether oxygens (including phenoxy) is 1. The van der Waals surface area contributed by atoms with Crippen molar-refractivity contribution >= 4 is 0 Å². The standard InChI is InChI=1S/C10H17N3O/c1-14-6-4-10-12-7-9-8(11)3-2-5-13(9)10/h7-8H,2-6,11H2,1H3. The average Bonchev–Trinajstić information content (AvgIpc) is 2.60. The number of hydrogen-bond donors (Lipinski definition) is 1. The van der Waals surface area contributed by atoms with E-state index in [4.69, 9.17) is 10.5 Å². The Kier molecular flexibility index (Phi) is 2.84. The van der Waals surface area contributed by atoms with Gasteiger partial charge in [0.15, 0.2) is 0 Å². The van der Waals surface area contributed by atoms with Gasteiger partial charge in [-0.3, -0.25) is 0 Å². The molecule has 1 aromatic rings. The highest BCUT2D eigenvalue weighted by molar-refractivity contribution is 5.12. The predicted molar refractivity (Wildman–Crippen MR) is 54.0 cm³/mol. The van der Waals surface area contributed by atoms with Gasteiger partial charge in [0.1, 0.15) is 5.82 Å². The van der Waals surface area contributed by atoms with Crippen molar-refractivity contribution in [2.75, 3.05) is 13.7 Å². The molecule has 0 saturated heterocycles. The molecule has 1 aliphatic rings. The van der Waals surface area contributed by atoms with Crippen LogP contribution < -0.4 is 5.73 Å². The van der Waals surface area contributed by atoms with Gasteiger partial charge in [-0.15, -0.1) is 0 Å². The Morgan fingerprint density at radius 2 is 2.57 bits per heavy atom. The molecule has 14 heavy (non-hydrogen) atoms. The van der Waals surface area contributed by atoms with E-state index in [9.17, 15) is 0 Å². The molecule has 0 aromatic carbocycles. The minimum absolute atomic E-state index is 0.174. The fraction of sp³-hybridized carbons (Fsp3) is 0.700. The van der Waals surface area contributed by atoms with Crippen LogP contribution in [0.25, 0.3) is 0 Å². The number of rotatable bonds is 3. The molecule has 0 saturated carbocycles. The van der Waals surface area contributed by atoms with Gasteiger partial charge in [-0.2, -0.15) is 0 Å². The predicted octanol–water partition coefficient (Wildman–Crippen LogP) is 0.866. The van der Waals surface area contributed by atoms with E-state index in [0.717, 1.165) is 38.2 Å². The van der Waals surface area contributed by atoms with Crippen molar-refractivity contribution in [2.45, 2.75) is 31.8 Å². The zero-order chi connectivity index (χ0) is 9.97. The van der Waals surface area contributed by atoms with Crippen molar-refractivity contribution in [2.24, 2.45) is 5.73 Å². The van der Waals surface area contributed by atoms with Gasteiger partial charge in [0.25, 0.3) is 0 Å². The molecule has 0 fully saturated rings. The van der Waals surface area contributed by atoms with Crippen LogP contribution in [0.15, 0.2) is 6.20 Å². The van der Waals surface area contributed by atoms with Crippen molar-refractivity contribution in [3.05, 3.63) is 17.7 Å². The fourth-order valence-electron chi connectivity index (χ4n) is 1.99. The Balaban J connectivity index is 2.18. The maximum absolute atomic E-state index is 6.00. The number of hydrogen-bond acceptors (Lipinski definition) is 3. The highest BCUT2D eigenvalue weighted by Gasteiger charge is 2.19. The van der Waals surface area contributed by atoms with Gasteiger partial charge in [-0.1, -0.05) is 0 Å². The smallest absolute Gasteiger partial charge is 0.111 e. The topological polar surface area (TPSA) is 53.1 Å². The lowest BCUT2D eigenvalue weighted by Crippen LogP contribution is -2.22. The second-order valence-electron chi connectivity index (χ2n) is 3.74. The van der Waals surface area contributed by atoms with Crippen LogP contribution >= 0.6 is 0 Å². The van der Waals surface area contributed by atoms with Gasteiger partial charge in [0, 0.05) is 26.1 Å². The summed E-state index contributed by atoms with van der Waals surface area (Å²) in [5.41, 5.74) is 7.18. The molecular weight excluding hydrogens is 178 g/mol. The largest absolute Gasteiger partial charge is 0.384 e. The number of fused-ring (bicyclic) bond motifs is 1. The van der Waals surface area contributed by atoms with Crippen LogP contribution in [0.1, 0.15) is 30.4 Å². The molecule has 1 unspecified atom stereocenters. The molecular formula is C10H17N3O. The lowest BCUT2D eigenvalue weighted by atomic mass is 10.1. The lowest BCUT2D eigenvalue weighted by molar-refractivity contribution is 0.199. The van der Waals surface area contributed by atoms with Crippen molar-refractivity contribution in [1.82, 2.24) is 9.55 Å². The molecule has 4 heteroatoms. The molecule has 0 bridgehead atoms. The van der Waals surface area contributed by atoms with E-state index in [1.807, 2.05) is 6.20 Å². The SMILES string of the molecule is COCCc1ncc2n1CCCC2N. The summed E-state index contributed by atoms with van der Waals surface area (Å²) in [6.45, 7) is 1.79. The van der Waals surface area contributed by atoms with Crippen LogP contribution in [0.2, 0.25) is 0 Å². The van der Waals surface area contributed by atoms with Gasteiger partial charge in [-0.05, 0) is 12.8 Å². The average molecular weight is 195 g/mol. The van der Waals surface area contributed by atoms with Crippen LogP contribution in [0.3, 0.4) is 0 Å². The van der Waals surface area contributed by atoms with Gasteiger partial charge in [-0.25, -0.2) is 4.98 Å². The molecule has 0 spiro atoms. The van der Waals surface area contributed by atoms with Crippen LogP contribution in [0.4, 0.5) is 0 Å². The third-order valence-electron chi connectivity index (χ3n) is 2.78. The van der Waals surface area contributed by atoms with Crippen LogP contribution in [-0.2, 0) is 17.7 Å². The molecule has 0 aliphatic carbocycles. The third-order valence-corrected chi connectivity index (χ3v) is 2.78. The summed E-state index contributed by atoms with van der Waals surface area (Å²) in [5, 5.41) is 0. The normalized spacial score (nSPS) is 20.9. The van der Waals surface area contributed by atoms with Crippen molar-refractivity contribution in [1.29, 1.82) is 0 Å². The molecule has 2 rings (SSSR count). The Bertz CT molecular complexity index is 308. The van der Waals surface area contributed by atoms with Gasteiger partial charge < -0.3 is 15.0 Å². The molecule has 0 amide bonds. The number of aromatic nitrogens is 2. The van der Waals surface area contributed by atoms with Crippen molar-refractivity contribution in [3.8, 4) is 0 Å². The van der Waals surface area contributed by atoms with E-state index in [1.54, 1.807) is 7.11 Å². The first-order chi connectivity index (χ1) is 6.83. The van der Waals surface area contributed by atoms with Crippen LogP contribution in [-0.4, -0.2) is 23.3 Å². The minimum atomic E-state index is 0.174. The first-order valence-corrected chi connectivity index (χ1v) is 5.11. The van der Waals surface area contributed by atoms with E-state index in [1.165, 1.54) is 5.69 Å². The molecule has 4 nitrogen and oxygen atoms in total. The molecule has 2 N–H and O–H groups in total. The number of imidazole rings is 1. The molecule has 0 radical (unpaired) electrons. The van der Waals surface area contributed by atoms with E-state index in [2.05, 4.69) is 9.55 Å². The van der Waals surface area contributed by atoms with Gasteiger partial charge in [0.05, 0.1) is 18.5 Å². The number of nitrogens with zero attached hydrogens (tertiary/aromatic N) is 2. The third kappa shape index (κ3) is 1.67. The zero-order valence-electron chi connectivity index (χ0n) is 8.57. The molecule has 1 aromatic heterocycles. The van der Waals surface area contributed by atoms with E-state index in [0.29, 0.717) is 0 Å². The highest BCUT2D eigenvalue weighted by atomic mass is 16.5. The highest BCUT2D eigenvalue weighted by Crippen LogP contribution is 2.23. The maximum atomic E-state index is 6.00. The zero-order valence-corrected chi connectivity index (χ0v) is 8.57. The van der Waals surface area contributed by atoms with Crippen molar-refractivity contribution in [3.63, 3.8) is 0 Å². The van der Waals surface area contributed by atoms with E-state index in [-0.39, 0.29) is 6.04 Å². The number of nitrogens with two attached hydrogens (primary N) is 1. The summed E-state index contributed by atoms with van der Waals surface area (Å²) >= 11 is 0. The Morgan fingerprint density at radius 1 is 1.71 bits per heavy atom. The lowest BCUT2D eigenvalue weighted by Gasteiger charge is -2.21. The molecule has 78 valence electrons. The van der Waals surface area contributed by atoms with Gasteiger partial charge >= 0.3 is 0 Å². The maximum Gasteiger partial charge on any atom is 0.111 e. The summed E-state index contributed by atoms with van der Waals surface area (Å²) in [6.07, 6.45) is 5.03. The summed E-state index contributed by atoms with van der Waals surface area (Å²) < 4.78 is 7.29.